The van der Waals surface area contributed by atoms with Crippen LogP contribution >= 0.6 is 11.8 Å². The lowest BCUT2D eigenvalue weighted by molar-refractivity contribution is -0.118. The number of para-hydroxylation sites is 1. The summed E-state index contributed by atoms with van der Waals surface area (Å²) in [6.45, 7) is 1.95. The van der Waals surface area contributed by atoms with Crippen LogP contribution in [-0.2, 0) is 4.79 Å². The minimum Gasteiger partial charge on any atom is -0.325 e. The summed E-state index contributed by atoms with van der Waals surface area (Å²) in [5.74, 6) is 1.08. The lowest BCUT2D eigenvalue weighted by atomic mass is 10.2. The molecule has 0 bridgehead atoms. The van der Waals surface area contributed by atoms with Crippen LogP contribution in [0.25, 0.3) is 0 Å². The average Bonchev–Trinajstić information content (AvgIpc) is 2.28. The van der Waals surface area contributed by atoms with E-state index in [1.54, 1.807) is 11.8 Å². The molecule has 1 N–H and O–H groups in total. The number of fused-ring (bicyclic) bond motifs is 1. The normalized spacial score (nSPS) is 21.6. The van der Waals surface area contributed by atoms with E-state index in [1.165, 1.54) is 4.90 Å². The Morgan fingerprint density at radius 2 is 2.23 bits per heavy atom. The van der Waals surface area contributed by atoms with Crippen molar-refractivity contribution >= 4 is 23.4 Å². The quantitative estimate of drug-likeness (QED) is 0.685. The number of hydrogen-bond acceptors (Lipinski definition) is 2. The number of thioether (sulfide) groups is 1. The van der Waals surface area contributed by atoms with E-state index in [9.17, 15) is 4.79 Å². The van der Waals surface area contributed by atoms with Crippen LogP contribution in [0.3, 0.4) is 0 Å². The molecule has 1 aromatic rings. The van der Waals surface area contributed by atoms with Gasteiger partial charge >= 0.3 is 0 Å². The van der Waals surface area contributed by atoms with Gasteiger partial charge in [-0.25, -0.2) is 0 Å². The Kier molecular flexibility index (Phi) is 2.27. The zero-order chi connectivity index (χ0) is 9.26. The molecule has 3 heteroatoms. The summed E-state index contributed by atoms with van der Waals surface area (Å²) in [4.78, 5) is 12.6. The van der Waals surface area contributed by atoms with Gasteiger partial charge in [-0.3, -0.25) is 4.79 Å². The van der Waals surface area contributed by atoms with Crippen molar-refractivity contribution < 1.29 is 4.79 Å². The minimum atomic E-state index is 0.0948. The highest BCUT2D eigenvalue weighted by Gasteiger charge is 2.19. The van der Waals surface area contributed by atoms with Gasteiger partial charge in [-0.2, -0.15) is 0 Å². The molecular formula is C10H11NOS. The molecule has 0 spiro atoms. The van der Waals surface area contributed by atoms with E-state index in [1.807, 2.05) is 31.2 Å². The third-order valence-electron chi connectivity index (χ3n) is 2.08. The fourth-order valence-electron chi connectivity index (χ4n) is 1.24. The van der Waals surface area contributed by atoms with Crippen LogP contribution in [0.1, 0.15) is 6.92 Å². The maximum Gasteiger partial charge on any atom is 0.228 e. The molecule has 1 amide bonds. The summed E-state index contributed by atoms with van der Waals surface area (Å²) in [6.07, 6.45) is 0. The van der Waals surface area contributed by atoms with Crippen LogP contribution in [0.15, 0.2) is 29.2 Å². The van der Waals surface area contributed by atoms with Crippen molar-refractivity contribution in [3.63, 3.8) is 0 Å². The molecule has 1 aliphatic heterocycles. The van der Waals surface area contributed by atoms with Crippen LogP contribution in [0.4, 0.5) is 5.69 Å². The van der Waals surface area contributed by atoms with Gasteiger partial charge in [-0.15, -0.1) is 11.8 Å². The first-order valence-corrected chi connectivity index (χ1v) is 5.28. The van der Waals surface area contributed by atoms with Crippen LogP contribution < -0.4 is 5.32 Å². The molecule has 2 nitrogen and oxygen atoms in total. The number of nitrogens with one attached hydrogen (secondary N) is 1. The Balaban J connectivity index is 2.35. The maximum atomic E-state index is 11.5. The van der Waals surface area contributed by atoms with E-state index in [0.717, 1.165) is 11.4 Å². The molecule has 1 aliphatic rings. The molecule has 1 aromatic carbocycles. The summed E-state index contributed by atoms with van der Waals surface area (Å²) in [5.41, 5.74) is 0.946. The molecule has 13 heavy (non-hydrogen) atoms. The van der Waals surface area contributed by atoms with Gasteiger partial charge in [0.2, 0.25) is 5.91 Å². The lowest BCUT2D eigenvalue weighted by Crippen LogP contribution is -2.19. The first-order chi connectivity index (χ1) is 6.27. The zero-order valence-corrected chi connectivity index (χ0v) is 8.23. The van der Waals surface area contributed by atoms with Crippen LogP contribution in [-0.4, -0.2) is 11.7 Å². The molecule has 1 heterocycles. The number of anilines is 1. The Hall–Kier alpha value is -0.960. The van der Waals surface area contributed by atoms with Crippen molar-refractivity contribution in [3.8, 4) is 0 Å². The Morgan fingerprint density at radius 1 is 1.46 bits per heavy atom. The topological polar surface area (TPSA) is 29.1 Å². The van der Waals surface area contributed by atoms with Gasteiger partial charge < -0.3 is 5.32 Å². The van der Waals surface area contributed by atoms with Crippen molar-refractivity contribution in [2.75, 3.05) is 11.1 Å². The first-order valence-electron chi connectivity index (χ1n) is 4.30. The summed E-state index contributed by atoms with van der Waals surface area (Å²) in [7, 11) is 0. The molecule has 0 fully saturated rings. The number of hydrogen-bond donors (Lipinski definition) is 1. The summed E-state index contributed by atoms with van der Waals surface area (Å²) in [5, 5.41) is 2.91. The molecule has 0 saturated heterocycles. The molecule has 2 rings (SSSR count). The van der Waals surface area contributed by atoms with Gasteiger partial charge in [-0.05, 0) is 12.1 Å². The fraction of sp³-hybridized carbons (Fsp3) is 0.300. The third kappa shape index (κ3) is 1.70. The number of benzene rings is 1. The minimum absolute atomic E-state index is 0.0948. The monoisotopic (exact) mass is 193 g/mol. The van der Waals surface area contributed by atoms with Crippen LogP contribution in [0.5, 0.6) is 0 Å². The predicted molar refractivity (Wildman–Crippen MR) is 55.0 cm³/mol. The second kappa shape index (κ2) is 3.42. The molecule has 0 radical (unpaired) electrons. The SMILES string of the molecule is C[C@@H]1CSc2ccccc2NC1=O. The van der Waals surface area contributed by atoms with E-state index in [0.29, 0.717) is 0 Å². The smallest absolute Gasteiger partial charge is 0.228 e. The Morgan fingerprint density at radius 3 is 3.08 bits per heavy atom. The van der Waals surface area contributed by atoms with Crippen molar-refractivity contribution in [1.82, 2.24) is 0 Å². The molecule has 0 saturated carbocycles. The third-order valence-corrected chi connectivity index (χ3v) is 3.42. The number of carbonyl (C=O) groups excluding carboxylic acids is 1. The number of carbonyl (C=O) groups is 1. The summed E-state index contributed by atoms with van der Waals surface area (Å²) >= 11 is 1.74. The van der Waals surface area contributed by atoms with Crippen molar-refractivity contribution in [3.05, 3.63) is 24.3 Å². The predicted octanol–water partition coefficient (Wildman–Crippen LogP) is 2.37. The number of rotatable bonds is 0. The molecular weight excluding hydrogens is 182 g/mol. The molecule has 0 aliphatic carbocycles. The number of amides is 1. The standard InChI is InChI=1S/C10H11NOS/c1-7-6-13-9-5-3-2-4-8(9)11-10(7)12/h2-5,7H,6H2,1H3,(H,11,12)/t7-/m1/s1. The first kappa shape index (κ1) is 8.63. The van der Waals surface area contributed by atoms with Crippen molar-refractivity contribution in [2.24, 2.45) is 5.92 Å². The van der Waals surface area contributed by atoms with Gasteiger partial charge in [0.1, 0.15) is 0 Å². The zero-order valence-electron chi connectivity index (χ0n) is 7.41. The van der Waals surface area contributed by atoms with Gasteiger partial charge in [-0.1, -0.05) is 19.1 Å². The lowest BCUT2D eigenvalue weighted by Gasteiger charge is -2.05. The largest absolute Gasteiger partial charge is 0.325 e. The van der Waals surface area contributed by atoms with E-state index in [4.69, 9.17) is 0 Å². The Bertz CT molecular complexity index is 337. The highest BCUT2D eigenvalue weighted by Crippen LogP contribution is 2.31. The van der Waals surface area contributed by atoms with E-state index >= 15 is 0 Å². The van der Waals surface area contributed by atoms with E-state index < -0.39 is 0 Å². The summed E-state index contributed by atoms with van der Waals surface area (Å²) < 4.78 is 0. The van der Waals surface area contributed by atoms with Gasteiger partial charge in [0.25, 0.3) is 0 Å². The van der Waals surface area contributed by atoms with Crippen molar-refractivity contribution in [2.45, 2.75) is 11.8 Å². The molecule has 1 atom stereocenters. The molecule has 0 aromatic heterocycles. The van der Waals surface area contributed by atoms with Gasteiger partial charge in [0, 0.05) is 16.6 Å². The second-order valence-corrected chi connectivity index (χ2v) is 4.26. The van der Waals surface area contributed by atoms with E-state index in [2.05, 4.69) is 5.32 Å². The average molecular weight is 193 g/mol. The van der Waals surface area contributed by atoms with Crippen LogP contribution in [0.2, 0.25) is 0 Å². The highest BCUT2D eigenvalue weighted by molar-refractivity contribution is 7.99. The Labute approximate surface area is 81.7 Å². The second-order valence-electron chi connectivity index (χ2n) is 3.20. The van der Waals surface area contributed by atoms with E-state index in [-0.39, 0.29) is 11.8 Å². The maximum absolute atomic E-state index is 11.5. The summed E-state index contributed by atoms with van der Waals surface area (Å²) in [6, 6.07) is 7.92. The van der Waals surface area contributed by atoms with Gasteiger partial charge in [0.15, 0.2) is 0 Å². The molecule has 68 valence electrons. The van der Waals surface area contributed by atoms with Crippen LogP contribution in [0, 0.1) is 5.92 Å². The fourth-order valence-corrected chi connectivity index (χ4v) is 2.27. The van der Waals surface area contributed by atoms with Gasteiger partial charge in [0.05, 0.1) is 5.69 Å². The molecule has 0 unspecified atom stereocenters. The van der Waals surface area contributed by atoms with Crippen molar-refractivity contribution in [1.29, 1.82) is 0 Å². The highest BCUT2D eigenvalue weighted by atomic mass is 32.2.